The van der Waals surface area contributed by atoms with E-state index in [0.29, 0.717) is 5.56 Å². The lowest BCUT2D eigenvalue weighted by molar-refractivity contribution is 0.0748. The van der Waals surface area contributed by atoms with Crippen LogP contribution < -0.4 is 5.32 Å². The molecule has 1 saturated heterocycles. The van der Waals surface area contributed by atoms with Gasteiger partial charge in [0.25, 0.3) is 5.91 Å². The van der Waals surface area contributed by atoms with Gasteiger partial charge in [0.1, 0.15) is 0 Å². The van der Waals surface area contributed by atoms with Crippen LogP contribution in [-0.2, 0) is 0 Å². The normalized spacial score (nSPS) is 18.2. The van der Waals surface area contributed by atoms with Crippen molar-refractivity contribution in [3.8, 4) is 0 Å². The molecule has 0 aromatic carbocycles. The monoisotopic (exact) mass is 279 g/mol. The number of hydrogen-bond donors (Lipinski definition) is 1. The van der Waals surface area contributed by atoms with Crippen LogP contribution in [0.25, 0.3) is 0 Å². The topological polar surface area (TPSA) is 45.2 Å². The van der Waals surface area contributed by atoms with Crippen molar-refractivity contribution in [1.29, 1.82) is 0 Å². The summed E-state index contributed by atoms with van der Waals surface area (Å²) >= 11 is 1.93. The maximum absolute atomic E-state index is 12.6. The fourth-order valence-electron chi connectivity index (χ4n) is 2.27. The maximum Gasteiger partial charge on any atom is 0.257 e. The smallest absolute Gasteiger partial charge is 0.257 e. The molecule has 0 atom stereocenters. The Morgan fingerprint density at radius 1 is 1.58 bits per heavy atom. The summed E-state index contributed by atoms with van der Waals surface area (Å²) in [6, 6.07) is 1.86. The zero-order valence-corrected chi connectivity index (χ0v) is 12.6. The van der Waals surface area contributed by atoms with E-state index in [4.69, 9.17) is 0 Å². The Labute approximate surface area is 119 Å². The number of nitrogens with zero attached hydrogens (tertiary/aromatic N) is 2. The second-order valence-electron chi connectivity index (χ2n) is 5.29. The Kier molecular flexibility index (Phi) is 4.34. The van der Waals surface area contributed by atoms with Crippen molar-refractivity contribution in [1.82, 2.24) is 9.88 Å². The molecule has 2 rings (SSSR count). The number of carbonyl (C=O) groups excluding carboxylic acids is 1. The van der Waals surface area contributed by atoms with Gasteiger partial charge in [0.05, 0.1) is 11.3 Å². The van der Waals surface area contributed by atoms with Crippen molar-refractivity contribution in [2.75, 3.05) is 30.7 Å². The average Bonchev–Trinajstić information content (AvgIpc) is 2.38. The van der Waals surface area contributed by atoms with Crippen LogP contribution in [-0.4, -0.2) is 45.9 Å². The van der Waals surface area contributed by atoms with E-state index in [9.17, 15) is 4.79 Å². The van der Waals surface area contributed by atoms with E-state index in [1.807, 2.05) is 29.7 Å². The second kappa shape index (κ2) is 5.82. The van der Waals surface area contributed by atoms with Gasteiger partial charge in [0.15, 0.2) is 0 Å². The Morgan fingerprint density at radius 2 is 2.37 bits per heavy atom. The number of aromatic nitrogens is 1. The third-order valence-electron chi connectivity index (χ3n) is 3.13. The summed E-state index contributed by atoms with van der Waals surface area (Å²) in [5, 5.41) is 3.22. The van der Waals surface area contributed by atoms with E-state index in [-0.39, 0.29) is 10.7 Å². The minimum absolute atomic E-state index is 0.0809. The summed E-state index contributed by atoms with van der Waals surface area (Å²) in [6.45, 7) is 8.79. The van der Waals surface area contributed by atoms with Crippen LogP contribution in [0.4, 0.5) is 5.69 Å². The highest BCUT2D eigenvalue weighted by Gasteiger charge is 2.30. The fraction of sp³-hybridized carbons (Fsp3) is 0.571. The minimum Gasteiger partial charge on any atom is -0.385 e. The van der Waals surface area contributed by atoms with Gasteiger partial charge in [-0.1, -0.05) is 0 Å². The van der Waals surface area contributed by atoms with Gasteiger partial charge in [0, 0.05) is 42.5 Å². The van der Waals surface area contributed by atoms with Crippen LogP contribution in [0.5, 0.6) is 0 Å². The molecule has 0 aliphatic carbocycles. The lowest BCUT2D eigenvalue weighted by Gasteiger charge is -2.37. The first-order valence-corrected chi connectivity index (χ1v) is 7.63. The summed E-state index contributed by atoms with van der Waals surface area (Å²) in [7, 11) is 0. The fourth-order valence-corrected chi connectivity index (χ4v) is 3.38. The number of amides is 1. The molecule has 1 aliphatic heterocycles. The molecule has 1 fully saturated rings. The largest absolute Gasteiger partial charge is 0.385 e. The zero-order chi connectivity index (χ0) is 13.9. The van der Waals surface area contributed by atoms with E-state index in [0.717, 1.165) is 31.1 Å². The van der Waals surface area contributed by atoms with Gasteiger partial charge in [0.2, 0.25) is 0 Å². The van der Waals surface area contributed by atoms with Crippen LogP contribution in [0.15, 0.2) is 18.5 Å². The van der Waals surface area contributed by atoms with Crippen molar-refractivity contribution in [2.24, 2.45) is 0 Å². The molecule has 2 heterocycles. The van der Waals surface area contributed by atoms with Crippen LogP contribution in [0.1, 0.15) is 31.1 Å². The van der Waals surface area contributed by atoms with Gasteiger partial charge in [-0.3, -0.25) is 9.78 Å². The molecule has 0 spiro atoms. The first kappa shape index (κ1) is 14.2. The SMILES string of the molecule is CCNc1ccncc1C(=O)N1CCSC(C)(C)C1. The predicted molar refractivity (Wildman–Crippen MR) is 80.8 cm³/mol. The third kappa shape index (κ3) is 3.41. The lowest BCUT2D eigenvalue weighted by atomic mass is 10.1. The highest BCUT2D eigenvalue weighted by Crippen LogP contribution is 2.30. The van der Waals surface area contributed by atoms with Gasteiger partial charge in [-0.25, -0.2) is 0 Å². The maximum atomic E-state index is 12.6. The summed E-state index contributed by atoms with van der Waals surface area (Å²) in [6.07, 6.45) is 3.37. The molecule has 1 aromatic heterocycles. The standard InChI is InChI=1S/C14H21N3OS/c1-4-16-12-5-6-15-9-11(12)13(18)17-7-8-19-14(2,3)10-17/h5-6,9H,4,7-8,10H2,1-3H3,(H,15,16). The third-order valence-corrected chi connectivity index (χ3v) is 4.43. The van der Waals surface area contributed by atoms with Gasteiger partial charge in [-0.2, -0.15) is 11.8 Å². The van der Waals surface area contributed by atoms with Crippen LogP contribution >= 0.6 is 11.8 Å². The van der Waals surface area contributed by atoms with Gasteiger partial charge >= 0.3 is 0 Å². The summed E-state index contributed by atoms with van der Waals surface area (Å²) in [5.74, 6) is 1.08. The van der Waals surface area contributed by atoms with Crippen molar-refractivity contribution in [3.05, 3.63) is 24.0 Å². The first-order chi connectivity index (χ1) is 9.03. The molecule has 19 heavy (non-hydrogen) atoms. The molecule has 1 aromatic rings. The van der Waals surface area contributed by atoms with Gasteiger partial charge < -0.3 is 10.2 Å². The van der Waals surface area contributed by atoms with Crippen molar-refractivity contribution >= 4 is 23.4 Å². The molecule has 0 radical (unpaired) electrons. The summed E-state index contributed by atoms with van der Waals surface area (Å²) in [5.41, 5.74) is 1.55. The van der Waals surface area contributed by atoms with Crippen LogP contribution in [0, 0.1) is 0 Å². The van der Waals surface area contributed by atoms with Crippen molar-refractivity contribution in [3.63, 3.8) is 0 Å². The van der Waals surface area contributed by atoms with E-state index in [1.165, 1.54) is 0 Å². The number of rotatable bonds is 3. The van der Waals surface area contributed by atoms with Crippen molar-refractivity contribution in [2.45, 2.75) is 25.5 Å². The first-order valence-electron chi connectivity index (χ1n) is 6.64. The Bertz CT molecular complexity index is 462. The number of hydrogen-bond acceptors (Lipinski definition) is 4. The van der Waals surface area contributed by atoms with E-state index < -0.39 is 0 Å². The minimum atomic E-state index is 0.0809. The molecule has 0 bridgehead atoms. The van der Waals surface area contributed by atoms with Gasteiger partial charge in [-0.05, 0) is 26.8 Å². The highest BCUT2D eigenvalue weighted by molar-refractivity contribution is 8.00. The van der Waals surface area contributed by atoms with Gasteiger partial charge in [-0.15, -0.1) is 0 Å². The summed E-state index contributed by atoms with van der Waals surface area (Å²) < 4.78 is 0.133. The molecule has 0 unspecified atom stereocenters. The number of anilines is 1. The molecular formula is C14H21N3OS. The molecule has 1 amide bonds. The number of nitrogens with one attached hydrogen (secondary N) is 1. The molecule has 1 N–H and O–H groups in total. The van der Waals surface area contributed by atoms with Crippen LogP contribution in [0.2, 0.25) is 0 Å². The van der Waals surface area contributed by atoms with E-state index in [1.54, 1.807) is 12.4 Å². The molecule has 1 aliphatic rings. The second-order valence-corrected chi connectivity index (χ2v) is 7.09. The average molecular weight is 279 g/mol. The molecule has 104 valence electrons. The number of carbonyl (C=O) groups is 1. The van der Waals surface area contributed by atoms with Crippen LogP contribution in [0.3, 0.4) is 0 Å². The highest BCUT2D eigenvalue weighted by atomic mass is 32.2. The lowest BCUT2D eigenvalue weighted by Crippen LogP contribution is -2.46. The summed E-state index contributed by atoms with van der Waals surface area (Å²) in [4.78, 5) is 18.6. The predicted octanol–water partition coefficient (Wildman–Crippen LogP) is 2.48. The van der Waals surface area contributed by atoms with E-state index >= 15 is 0 Å². The number of pyridine rings is 1. The Balaban J connectivity index is 2.19. The zero-order valence-electron chi connectivity index (χ0n) is 11.8. The van der Waals surface area contributed by atoms with E-state index in [2.05, 4.69) is 24.1 Å². The molecular weight excluding hydrogens is 258 g/mol. The number of thioether (sulfide) groups is 1. The molecule has 4 nitrogen and oxygen atoms in total. The molecule has 5 heteroatoms. The Morgan fingerprint density at radius 3 is 3.05 bits per heavy atom. The quantitative estimate of drug-likeness (QED) is 0.923. The Hall–Kier alpha value is -1.23. The molecule has 0 saturated carbocycles. The van der Waals surface area contributed by atoms with Crippen molar-refractivity contribution < 1.29 is 4.79 Å².